The van der Waals surface area contributed by atoms with Crippen molar-refractivity contribution < 1.29 is 19.4 Å². The van der Waals surface area contributed by atoms with Crippen LogP contribution in [0, 0.1) is 0 Å². The molecule has 1 aliphatic rings. The predicted molar refractivity (Wildman–Crippen MR) is 102 cm³/mol. The van der Waals surface area contributed by atoms with Crippen LogP contribution in [0.2, 0.25) is 0 Å². The summed E-state index contributed by atoms with van der Waals surface area (Å²) in [6, 6.07) is 13.9. The van der Waals surface area contributed by atoms with Crippen molar-refractivity contribution in [2.24, 2.45) is 0 Å². The molecule has 1 aliphatic heterocycles. The number of allylic oxidation sites excluding steroid dienone is 1. The van der Waals surface area contributed by atoms with Gasteiger partial charge in [-0.15, -0.1) is 0 Å². The number of benzene rings is 2. The average Bonchev–Trinajstić information content (AvgIpc) is 2.88. The fraction of sp³-hybridized carbons (Fsp3) is 0.100. The molecule has 3 rings (SSSR count). The molecule has 2 aromatic rings. The van der Waals surface area contributed by atoms with Gasteiger partial charge in [-0.1, -0.05) is 34.1 Å². The molecule has 0 unspecified atom stereocenters. The predicted octanol–water partition coefficient (Wildman–Crippen LogP) is 4.03. The number of nitrogens with zero attached hydrogens (tertiary/aromatic N) is 1. The minimum atomic E-state index is -0.602. The number of phenols is 1. The maximum absolute atomic E-state index is 13.1. The SMILES string of the molecule is COC(=O)C1=C(C)N(c2ccccc2)C(=O)/C1=C\c1cc(Br)ccc1O. The number of aromatic hydroxyl groups is 1. The lowest BCUT2D eigenvalue weighted by molar-refractivity contribution is -0.136. The van der Waals surface area contributed by atoms with Crippen LogP contribution in [0.4, 0.5) is 5.69 Å². The Hall–Kier alpha value is -2.86. The number of carbonyl (C=O) groups excluding carboxylic acids is 2. The number of rotatable bonds is 3. The van der Waals surface area contributed by atoms with Gasteiger partial charge >= 0.3 is 5.97 Å². The molecule has 0 fully saturated rings. The van der Waals surface area contributed by atoms with Crippen LogP contribution in [0.15, 0.2) is 69.8 Å². The van der Waals surface area contributed by atoms with Gasteiger partial charge in [0.15, 0.2) is 0 Å². The highest BCUT2D eigenvalue weighted by atomic mass is 79.9. The Kier molecular flexibility index (Phi) is 4.95. The van der Waals surface area contributed by atoms with Crippen LogP contribution >= 0.6 is 15.9 Å². The maximum atomic E-state index is 13.1. The van der Waals surface area contributed by atoms with Gasteiger partial charge in [0.05, 0.1) is 18.3 Å². The van der Waals surface area contributed by atoms with Crippen molar-refractivity contribution in [1.82, 2.24) is 0 Å². The smallest absolute Gasteiger partial charge is 0.340 e. The van der Waals surface area contributed by atoms with E-state index in [9.17, 15) is 14.7 Å². The van der Waals surface area contributed by atoms with E-state index in [0.29, 0.717) is 16.9 Å². The van der Waals surface area contributed by atoms with Gasteiger partial charge in [-0.2, -0.15) is 0 Å². The van der Waals surface area contributed by atoms with E-state index in [1.165, 1.54) is 24.2 Å². The second-order valence-corrected chi connectivity index (χ2v) is 6.60. The van der Waals surface area contributed by atoms with Crippen molar-refractivity contribution >= 4 is 39.6 Å². The van der Waals surface area contributed by atoms with Crippen molar-refractivity contribution in [2.75, 3.05) is 12.0 Å². The fourth-order valence-electron chi connectivity index (χ4n) is 2.86. The standard InChI is InChI=1S/C20H16BrNO4/c1-12-18(20(25)26-2)16(11-13-10-14(21)8-9-17(13)23)19(24)22(12)15-6-4-3-5-7-15/h3-11,23H,1-2H3/b16-11-. The Labute approximate surface area is 159 Å². The maximum Gasteiger partial charge on any atom is 0.340 e. The fourth-order valence-corrected chi connectivity index (χ4v) is 3.24. The largest absolute Gasteiger partial charge is 0.507 e. The van der Waals surface area contributed by atoms with Gasteiger partial charge in [0.1, 0.15) is 5.75 Å². The molecule has 0 radical (unpaired) electrons. The lowest BCUT2D eigenvalue weighted by atomic mass is 10.0. The molecular weight excluding hydrogens is 398 g/mol. The van der Waals surface area contributed by atoms with E-state index in [0.717, 1.165) is 4.47 Å². The molecule has 6 heteroatoms. The second-order valence-electron chi connectivity index (χ2n) is 5.69. The average molecular weight is 414 g/mol. The number of halogens is 1. The highest BCUT2D eigenvalue weighted by Crippen LogP contribution is 2.36. The number of ether oxygens (including phenoxy) is 1. The minimum absolute atomic E-state index is 0.00790. The van der Waals surface area contributed by atoms with Crippen molar-refractivity contribution in [3.63, 3.8) is 0 Å². The molecule has 132 valence electrons. The molecule has 5 nitrogen and oxygen atoms in total. The van der Waals surface area contributed by atoms with Crippen LogP contribution in [0.25, 0.3) is 6.08 Å². The van der Waals surface area contributed by atoms with Gasteiger partial charge < -0.3 is 9.84 Å². The van der Waals surface area contributed by atoms with Crippen LogP contribution in [0.5, 0.6) is 5.75 Å². The highest BCUT2D eigenvalue weighted by molar-refractivity contribution is 9.10. The van der Waals surface area contributed by atoms with E-state index in [2.05, 4.69) is 15.9 Å². The molecule has 0 bridgehead atoms. The molecular formula is C20H16BrNO4. The molecule has 26 heavy (non-hydrogen) atoms. The van der Waals surface area contributed by atoms with E-state index in [1.54, 1.807) is 31.2 Å². The van der Waals surface area contributed by atoms with Crippen molar-refractivity contribution in [1.29, 1.82) is 0 Å². The van der Waals surface area contributed by atoms with Gasteiger partial charge in [0, 0.05) is 21.4 Å². The molecule has 1 N–H and O–H groups in total. The summed E-state index contributed by atoms with van der Waals surface area (Å²) in [5.74, 6) is -0.947. The number of phenolic OH excluding ortho intramolecular Hbond substituents is 1. The number of hydrogen-bond acceptors (Lipinski definition) is 4. The summed E-state index contributed by atoms with van der Waals surface area (Å²) in [5, 5.41) is 10.1. The van der Waals surface area contributed by atoms with Crippen LogP contribution in [0.3, 0.4) is 0 Å². The van der Waals surface area contributed by atoms with E-state index in [-0.39, 0.29) is 22.8 Å². The van der Waals surface area contributed by atoms with Crippen LogP contribution in [0.1, 0.15) is 12.5 Å². The van der Waals surface area contributed by atoms with Crippen LogP contribution in [-0.2, 0) is 14.3 Å². The van der Waals surface area contributed by atoms with Crippen LogP contribution < -0.4 is 4.90 Å². The summed E-state index contributed by atoms with van der Waals surface area (Å²) >= 11 is 3.34. The number of hydrogen-bond donors (Lipinski definition) is 1. The number of para-hydroxylation sites is 1. The van der Waals surface area contributed by atoms with Gasteiger partial charge in [0.25, 0.3) is 5.91 Å². The van der Waals surface area contributed by atoms with E-state index in [1.807, 2.05) is 18.2 Å². The van der Waals surface area contributed by atoms with Gasteiger partial charge in [-0.25, -0.2) is 4.79 Å². The molecule has 2 aromatic carbocycles. The first-order valence-electron chi connectivity index (χ1n) is 7.83. The molecule has 0 saturated carbocycles. The number of amides is 1. The lowest BCUT2D eigenvalue weighted by Crippen LogP contribution is -2.24. The van der Waals surface area contributed by atoms with E-state index >= 15 is 0 Å². The van der Waals surface area contributed by atoms with E-state index in [4.69, 9.17) is 4.74 Å². The number of carbonyl (C=O) groups is 2. The summed E-state index contributed by atoms with van der Waals surface area (Å²) in [7, 11) is 1.27. The number of methoxy groups -OCH3 is 1. The first-order valence-corrected chi connectivity index (χ1v) is 8.62. The third-order valence-corrected chi connectivity index (χ3v) is 4.59. The van der Waals surface area contributed by atoms with Crippen molar-refractivity contribution in [2.45, 2.75) is 6.92 Å². The molecule has 0 saturated heterocycles. The normalized spacial score (nSPS) is 15.7. The van der Waals surface area contributed by atoms with Crippen molar-refractivity contribution in [3.05, 3.63) is 75.4 Å². The molecule has 0 spiro atoms. The zero-order valence-electron chi connectivity index (χ0n) is 14.2. The summed E-state index contributed by atoms with van der Waals surface area (Å²) in [4.78, 5) is 26.9. The Morgan fingerprint density at radius 2 is 1.88 bits per heavy atom. The van der Waals surface area contributed by atoms with Gasteiger partial charge in [-0.3, -0.25) is 9.69 Å². The molecule has 1 amide bonds. The lowest BCUT2D eigenvalue weighted by Gasteiger charge is -2.17. The Bertz CT molecular complexity index is 948. The topological polar surface area (TPSA) is 66.8 Å². The summed E-state index contributed by atoms with van der Waals surface area (Å²) < 4.78 is 5.61. The zero-order valence-corrected chi connectivity index (χ0v) is 15.8. The Balaban J connectivity index is 2.18. The monoisotopic (exact) mass is 413 g/mol. The summed E-state index contributed by atoms with van der Waals surface area (Å²) in [5.41, 5.74) is 1.91. The van der Waals surface area contributed by atoms with E-state index < -0.39 is 5.97 Å². The van der Waals surface area contributed by atoms with Crippen molar-refractivity contribution in [3.8, 4) is 5.75 Å². The Morgan fingerprint density at radius 3 is 2.54 bits per heavy atom. The number of anilines is 1. The van der Waals surface area contributed by atoms with Gasteiger partial charge in [-0.05, 0) is 43.3 Å². The zero-order chi connectivity index (χ0) is 18.8. The van der Waals surface area contributed by atoms with Crippen LogP contribution in [-0.4, -0.2) is 24.1 Å². The third kappa shape index (κ3) is 3.15. The molecule has 0 aliphatic carbocycles. The molecule has 0 aromatic heterocycles. The molecule has 1 heterocycles. The first-order chi connectivity index (χ1) is 12.4. The quantitative estimate of drug-likeness (QED) is 0.609. The minimum Gasteiger partial charge on any atom is -0.507 e. The highest BCUT2D eigenvalue weighted by Gasteiger charge is 2.37. The summed E-state index contributed by atoms with van der Waals surface area (Å²) in [6.07, 6.45) is 1.50. The number of esters is 1. The summed E-state index contributed by atoms with van der Waals surface area (Å²) in [6.45, 7) is 1.69. The van der Waals surface area contributed by atoms with Gasteiger partial charge in [0.2, 0.25) is 0 Å². The second kappa shape index (κ2) is 7.17. The molecule has 0 atom stereocenters. The Morgan fingerprint density at radius 1 is 1.19 bits per heavy atom. The first kappa shape index (κ1) is 17.9. The third-order valence-electron chi connectivity index (χ3n) is 4.09.